The fourth-order valence-corrected chi connectivity index (χ4v) is 1.33. The second-order valence-corrected chi connectivity index (χ2v) is 3.10. The molecule has 2 rings (SSSR count). The Bertz CT molecular complexity index is 384. The van der Waals surface area contributed by atoms with Crippen molar-refractivity contribution >= 4 is 17.8 Å². The van der Waals surface area contributed by atoms with E-state index in [4.69, 9.17) is 0 Å². The van der Waals surface area contributed by atoms with E-state index in [0.717, 1.165) is 0 Å². The number of urea groups is 1. The van der Waals surface area contributed by atoms with Crippen LogP contribution < -0.4 is 10.2 Å². The summed E-state index contributed by atoms with van der Waals surface area (Å²) in [5, 5.41) is 6.32. The van der Waals surface area contributed by atoms with Gasteiger partial charge in [-0.1, -0.05) is 0 Å². The maximum Gasteiger partial charge on any atom is 0.329 e. The van der Waals surface area contributed by atoms with Crippen LogP contribution in [0.2, 0.25) is 0 Å². The van der Waals surface area contributed by atoms with Crippen LogP contribution in [0.25, 0.3) is 0 Å². The summed E-state index contributed by atoms with van der Waals surface area (Å²) in [6, 6.07) is 1.33. The molecule has 6 nitrogen and oxygen atoms in total. The third-order valence-corrected chi connectivity index (χ3v) is 2.03. The highest BCUT2D eigenvalue weighted by atomic mass is 16.2. The van der Waals surface area contributed by atoms with Crippen molar-refractivity contribution in [2.75, 3.05) is 11.4 Å². The van der Waals surface area contributed by atoms with Crippen molar-refractivity contribution in [2.24, 2.45) is 7.05 Å². The Morgan fingerprint density at radius 1 is 1.50 bits per heavy atom. The molecular weight excluding hydrogens is 184 g/mol. The fraction of sp³-hybridized carbons (Fsp3) is 0.375. The van der Waals surface area contributed by atoms with Crippen molar-refractivity contribution in [1.29, 1.82) is 0 Å². The van der Waals surface area contributed by atoms with Gasteiger partial charge < -0.3 is 0 Å². The third-order valence-electron chi connectivity index (χ3n) is 2.03. The van der Waals surface area contributed by atoms with Crippen LogP contribution in [0.1, 0.15) is 6.42 Å². The van der Waals surface area contributed by atoms with Gasteiger partial charge in [0.1, 0.15) is 0 Å². The zero-order valence-corrected chi connectivity index (χ0v) is 7.73. The van der Waals surface area contributed by atoms with Gasteiger partial charge in [0.2, 0.25) is 5.91 Å². The van der Waals surface area contributed by atoms with Crippen LogP contribution >= 0.6 is 0 Å². The minimum absolute atomic E-state index is 0.234. The lowest BCUT2D eigenvalue weighted by Crippen LogP contribution is -2.49. The zero-order chi connectivity index (χ0) is 10.1. The standard InChI is InChI=1S/C8H10N4O2/c1-11-4-2-6(10-11)12-5-3-7(13)9-8(12)14/h2,4H,3,5H2,1H3,(H,9,13,14). The van der Waals surface area contributed by atoms with Crippen LogP contribution in [-0.2, 0) is 11.8 Å². The number of imide groups is 1. The van der Waals surface area contributed by atoms with Gasteiger partial charge >= 0.3 is 6.03 Å². The Hall–Kier alpha value is -1.85. The zero-order valence-electron chi connectivity index (χ0n) is 7.73. The molecule has 1 saturated heterocycles. The van der Waals surface area contributed by atoms with E-state index in [1.165, 1.54) is 4.90 Å². The van der Waals surface area contributed by atoms with Gasteiger partial charge in [0.15, 0.2) is 5.82 Å². The van der Waals surface area contributed by atoms with E-state index >= 15 is 0 Å². The molecule has 1 aromatic heterocycles. The molecule has 0 saturated carbocycles. The summed E-state index contributed by atoms with van der Waals surface area (Å²) in [6.07, 6.45) is 2.07. The molecule has 0 unspecified atom stereocenters. The summed E-state index contributed by atoms with van der Waals surface area (Å²) in [4.78, 5) is 23.7. The maximum absolute atomic E-state index is 11.4. The summed E-state index contributed by atoms with van der Waals surface area (Å²) in [5.74, 6) is 0.333. The summed E-state index contributed by atoms with van der Waals surface area (Å²) in [6.45, 7) is 0.391. The molecule has 3 amide bonds. The molecule has 74 valence electrons. The first-order valence-electron chi connectivity index (χ1n) is 4.28. The second kappa shape index (κ2) is 3.13. The molecule has 1 aliphatic rings. The first-order valence-corrected chi connectivity index (χ1v) is 4.28. The molecule has 1 fully saturated rings. The monoisotopic (exact) mass is 194 g/mol. The molecule has 0 spiro atoms. The molecule has 1 aliphatic heterocycles. The normalized spacial score (nSPS) is 17.1. The van der Waals surface area contributed by atoms with Crippen molar-refractivity contribution in [3.05, 3.63) is 12.3 Å². The number of aryl methyl sites for hydroxylation is 1. The Labute approximate surface area is 80.5 Å². The Morgan fingerprint density at radius 2 is 2.29 bits per heavy atom. The van der Waals surface area contributed by atoms with Gasteiger partial charge in [0.05, 0.1) is 0 Å². The number of anilines is 1. The molecule has 0 bridgehead atoms. The maximum atomic E-state index is 11.4. The number of carbonyl (C=O) groups is 2. The highest BCUT2D eigenvalue weighted by Crippen LogP contribution is 2.12. The first kappa shape index (κ1) is 8.74. The summed E-state index contributed by atoms with van der Waals surface area (Å²) < 4.78 is 1.61. The third kappa shape index (κ3) is 1.46. The molecule has 0 aromatic carbocycles. The minimum atomic E-state index is -0.403. The van der Waals surface area contributed by atoms with Crippen molar-refractivity contribution in [1.82, 2.24) is 15.1 Å². The number of carbonyl (C=O) groups excluding carboxylic acids is 2. The van der Waals surface area contributed by atoms with Crippen LogP contribution in [0.4, 0.5) is 10.6 Å². The average Bonchev–Trinajstić information content (AvgIpc) is 2.51. The molecule has 6 heteroatoms. The van der Waals surface area contributed by atoms with Gasteiger partial charge in [-0.05, 0) is 0 Å². The topological polar surface area (TPSA) is 67.2 Å². The molecule has 1 N–H and O–H groups in total. The summed E-state index contributed by atoms with van der Waals surface area (Å²) in [7, 11) is 1.77. The fourth-order valence-electron chi connectivity index (χ4n) is 1.33. The van der Waals surface area contributed by atoms with E-state index in [1.54, 1.807) is 24.0 Å². The van der Waals surface area contributed by atoms with Crippen molar-refractivity contribution < 1.29 is 9.59 Å². The van der Waals surface area contributed by atoms with Crippen LogP contribution in [0.3, 0.4) is 0 Å². The molecule has 0 radical (unpaired) electrons. The number of hydrogen-bond donors (Lipinski definition) is 1. The number of hydrogen-bond acceptors (Lipinski definition) is 3. The summed E-state index contributed by atoms with van der Waals surface area (Å²) >= 11 is 0. The quantitative estimate of drug-likeness (QED) is 0.677. The first-order chi connectivity index (χ1) is 6.66. The predicted molar refractivity (Wildman–Crippen MR) is 48.7 cm³/mol. The van der Waals surface area contributed by atoms with Crippen LogP contribution in [-0.4, -0.2) is 28.3 Å². The highest BCUT2D eigenvalue weighted by molar-refractivity contribution is 6.05. The van der Waals surface area contributed by atoms with E-state index in [9.17, 15) is 9.59 Å². The number of amides is 3. The van der Waals surface area contributed by atoms with Crippen LogP contribution in [0.5, 0.6) is 0 Å². The molecule has 0 aliphatic carbocycles. The minimum Gasteiger partial charge on any atom is -0.278 e. The van der Waals surface area contributed by atoms with E-state index in [0.29, 0.717) is 18.8 Å². The molecular formula is C8H10N4O2. The van der Waals surface area contributed by atoms with Gasteiger partial charge in [-0.25, -0.2) is 4.79 Å². The molecule has 2 heterocycles. The number of nitrogens with one attached hydrogen (secondary N) is 1. The lowest BCUT2D eigenvalue weighted by Gasteiger charge is -2.24. The molecule has 0 atom stereocenters. The number of aromatic nitrogens is 2. The SMILES string of the molecule is Cn1ccc(N2CCC(=O)NC2=O)n1. The Morgan fingerprint density at radius 3 is 2.86 bits per heavy atom. The van der Waals surface area contributed by atoms with Gasteiger partial charge in [-0.3, -0.25) is 19.7 Å². The Kier molecular flexibility index (Phi) is 1.95. The van der Waals surface area contributed by atoms with E-state index in [2.05, 4.69) is 10.4 Å². The summed E-state index contributed by atoms with van der Waals surface area (Å²) in [5.41, 5.74) is 0. The Balaban J connectivity index is 2.19. The molecule has 1 aromatic rings. The average molecular weight is 194 g/mol. The van der Waals surface area contributed by atoms with Crippen molar-refractivity contribution in [3.63, 3.8) is 0 Å². The van der Waals surface area contributed by atoms with Gasteiger partial charge in [0.25, 0.3) is 0 Å². The van der Waals surface area contributed by atoms with Crippen LogP contribution in [0, 0.1) is 0 Å². The van der Waals surface area contributed by atoms with E-state index < -0.39 is 6.03 Å². The van der Waals surface area contributed by atoms with E-state index in [1.807, 2.05) is 0 Å². The van der Waals surface area contributed by atoms with E-state index in [-0.39, 0.29) is 5.91 Å². The second-order valence-electron chi connectivity index (χ2n) is 3.10. The smallest absolute Gasteiger partial charge is 0.278 e. The largest absolute Gasteiger partial charge is 0.329 e. The number of rotatable bonds is 1. The van der Waals surface area contributed by atoms with Gasteiger partial charge in [-0.2, -0.15) is 5.10 Å². The van der Waals surface area contributed by atoms with Crippen molar-refractivity contribution in [2.45, 2.75) is 6.42 Å². The lowest BCUT2D eigenvalue weighted by atomic mass is 10.3. The number of nitrogens with zero attached hydrogens (tertiary/aromatic N) is 3. The lowest BCUT2D eigenvalue weighted by molar-refractivity contribution is -0.120. The van der Waals surface area contributed by atoms with Gasteiger partial charge in [-0.15, -0.1) is 0 Å². The van der Waals surface area contributed by atoms with Crippen molar-refractivity contribution in [3.8, 4) is 0 Å². The van der Waals surface area contributed by atoms with Crippen LogP contribution in [0.15, 0.2) is 12.3 Å². The van der Waals surface area contributed by atoms with Gasteiger partial charge in [0, 0.05) is 32.3 Å². The predicted octanol–water partition coefficient (Wildman–Crippen LogP) is -0.134. The molecule has 14 heavy (non-hydrogen) atoms. The highest BCUT2D eigenvalue weighted by Gasteiger charge is 2.25.